The summed E-state index contributed by atoms with van der Waals surface area (Å²) in [6.45, 7) is 7.31. The van der Waals surface area contributed by atoms with E-state index in [9.17, 15) is 5.11 Å². The van der Waals surface area contributed by atoms with Crippen molar-refractivity contribution in [2.45, 2.75) is 32.1 Å². The van der Waals surface area contributed by atoms with E-state index in [1.807, 2.05) is 42.5 Å². The van der Waals surface area contributed by atoms with Gasteiger partial charge < -0.3 is 19.7 Å². The molecule has 0 amide bonds. The number of phenols is 2. The number of para-hydroxylation sites is 2. The molecule has 0 bridgehead atoms. The predicted molar refractivity (Wildman–Crippen MR) is 132 cm³/mol. The minimum absolute atomic E-state index is 0.322. The van der Waals surface area contributed by atoms with Crippen LogP contribution >= 0.6 is 0 Å². The van der Waals surface area contributed by atoms with Crippen LogP contribution in [0, 0.1) is 0 Å². The van der Waals surface area contributed by atoms with Crippen molar-refractivity contribution in [3.8, 4) is 23.0 Å². The fraction of sp³-hybridized carbons (Fsp3) is 0.357. The van der Waals surface area contributed by atoms with Crippen molar-refractivity contribution in [2.75, 3.05) is 32.8 Å². The van der Waals surface area contributed by atoms with Crippen molar-refractivity contribution in [3.05, 3.63) is 84.4 Å². The summed E-state index contributed by atoms with van der Waals surface area (Å²) in [6, 6.07) is 24.0. The van der Waals surface area contributed by atoms with Gasteiger partial charge >= 0.3 is 0 Å². The lowest BCUT2D eigenvalue weighted by Gasteiger charge is -2.22. The number of fused-ring (bicyclic) bond motifs is 1. The van der Waals surface area contributed by atoms with Gasteiger partial charge in [0.15, 0.2) is 0 Å². The fourth-order valence-corrected chi connectivity index (χ4v) is 3.80. The SMILES string of the molecule is CC1CCOc2ccc(O)cc21.Oc1ccccc1.c1ccc(OCCN2CCCC2)cc1. The Morgan fingerprint density at radius 3 is 2.18 bits per heavy atom. The molecule has 33 heavy (non-hydrogen) atoms. The highest BCUT2D eigenvalue weighted by molar-refractivity contribution is 5.42. The van der Waals surface area contributed by atoms with Crippen LogP contribution in [0.5, 0.6) is 23.0 Å². The lowest BCUT2D eigenvalue weighted by Crippen LogP contribution is -2.25. The molecule has 5 nitrogen and oxygen atoms in total. The molecule has 1 atom stereocenters. The number of likely N-dealkylation sites (tertiary alicyclic amines) is 1. The highest BCUT2D eigenvalue weighted by atomic mass is 16.5. The molecule has 2 aliphatic heterocycles. The van der Waals surface area contributed by atoms with Gasteiger partial charge in [-0.3, -0.25) is 4.90 Å². The van der Waals surface area contributed by atoms with Gasteiger partial charge in [0.25, 0.3) is 0 Å². The zero-order valence-corrected chi connectivity index (χ0v) is 19.4. The highest BCUT2D eigenvalue weighted by Crippen LogP contribution is 2.35. The van der Waals surface area contributed by atoms with Crippen LogP contribution < -0.4 is 9.47 Å². The van der Waals surface area contributed by atoms with Gasteiger partial charge in [0, 0.05) is 12.1 Å². The van der Waals surface area contributed by atoms with Gasteiger partial charge in [-0.2, -0.15) is 0 Å². The quantitative estimate of drug-likeness (QED) is 0.525. The largest absolute Gasteiger partial charge is 0.508 e. The first-order valence-electron chi connectivity index (χ1n) is 11.7. The number of aromatic hydroxyl groups is 2. The second kappa shape index (κ2) is 13.4. The van der Waals surface area contributed by atoms with E-state index in [1.165, 1.54) is 25.9 Å². The molecule has 3 aromatic rings. The second-order valence-electron chi connectivity index (χ2n) is 8.31. The van der Waals surface area contributed by atoms with Crippen molar-refractivity contribution in [2.24, 2.45) is 0 Å². The summed E-state index contributed by atoms with van der Waals surface area (Å²) < 4.78 is 11.1. The normalized spacial score (nSPS) is 16.8. The summed E-state index contributed by atoms with van der Waals surface area (Å²) in [5, 5.41) is 17.9. The van der Waals surface area contributed by atoms with Crippen LogP contribution in [0.2, 0.25) is 0 Å². The summed E-state index contributed by atoms with van der Waals surface area (Å²) in [5.41, 5.74) is 1.13. The van der Waals surface area contributed by atoms with E-state index < -0.39 is 0 Å². The van der Waals surface area contributed by atoms with Crippen molar-refractivity contribution in [1.82, 2.24) is 4.90 Å². The van der Waals surface area contributed by atoms with Crippen LogP contribution in [0.1, 0.15) is 37.7 Å². The molecule has 1 saturated heterocycles. The molecule has 0 aromatic heterocycles. The predicted octanol–water partition coefficient (Wildman–Crippen LogP) is 5.83. The van der Waals surface area contributed by atoms with Crippen molar-refractivity contribution < 1.29 is 19.7 Å². The molecule has 0 radical (unpaired) electrons. The third-order valence-electron chi connectivity index (χ3n) is 5.71. The van der Waals surface area contributed by atoms with E-state index >= 15 is 0 Å². The maximum atomic E-state index is 9.25. The minimum Gasteiger partial charge on any atom is -0.508 e. The molecule has 0 spiro atoms. The Morgan fingerprint density at radius 1 is 0.879 bits per heavy atom. The number of rotatable bonds is 4. The number of hydrogen-bond donors (Lipinski definition) is 2. The summed E-state index contributed by atoms with van der Waals surface area (Å²) in [5.74, 6) is 3.05. The summed E-state index contributed by atoms with van der Waals surface area (Å²) in [6.07, 6.45) is 3.74. The number of phenolic OH excluding ortho intramolecular Hbond substituents is 2. The molecule has 2 aliphatic rings. The lowest BCUT2D eigenvalue weighted by atomic mass is 9.95. The Morgan fingerprint density at radius 2 is 1.55 bits per heavy atom. The standard InChI is InChI=1S/C12H17NO.C10H12O2.C6H6O/c1-2-6-12(7-3-1)14-11-10-13-8-4-5-9-13;1-7-4-5-12-10-3-2-8(11)6-9(7)10;7-6-4-2-1-3-5-6/h1-3,6-7H,4-5,8-11H2;2-3,6-7,11H,4-5H2,1H3;1-5,7H. The van der Waals surface area contributed by atoms with E-state index in [4.69, 9.17) is 14.6 Å². The van der Waals surface area contributed by atoms with Crippen LogP contribution in [-0.4, -0.2) is 48.0 Å². The molecule has 0 aliphatic carbocycles. The van der Waals surface area contributed by atoms with E-state index in [0.29, 0.717) is 17.4 Å². The molecule has 1 fully saturated rings. The average Bonchev–Trinajstić information content (AvgIpc) is 3.35. The van der Waals surface area contributed by atoms with Gasteiger partial charge in [-0.25, -0.2) is 0 Å². The third-order valence-corrected chi connectivity index (χ3v) is 5.71. The highest BCUT2D eigenvalue weighted by Gasteiger charge is 2.17. The van der Waals surface area contributed by atoms with E-state index in [0.717, 1.165) is 43.2 Å². The lowest BCUT2D eigenvalue weighted by molar-refractivity contribution is 0.238. The second-order valence-corrected chi connectivity index (χ2v) is 8.31. The molecular weight excluding hydrogens is 414 g/mol. The van der Waals surface area contributed by atoms with Gasteiger partial charge in [-0.05, 0) is 80.7 Å². The average molecular weight is 450 g/mol. The van der Waals surface area contributed by atoms with Crippen LogP contribution in [0.3, 0.4) is 0 Å². The van der Waals surface area contributed by atoms with Crippen molar-refractivity contribution in [3.63, 3.8) is 0 Å². The van der Waals surface area contributed by atoms with E-state index in [1.54, 1.807) is 36.4 Å². The van der Waals surface area contributed by atoms with Crippen molar-refractivity contribution in [1.29, 1.82) is 0 Å². The third kappa shape index (κ3) is 8.70. The van der Waals surface area contributed by atoms with Crippen LogP contribution in [-0.2, 0) is 0 Å². The molecule has 5 rings (SSSR count). The molecule has 5 heteroatoms. The summed E-state index contributed by atoms with van der Waals surface area (Å²) in [4.78, 5) is 2.46. The van der Waals surface area contributed by atoms with E-state index in [-0.39, 0.29) is 0 Å². The van der Waals surface area contributed by atoms with Gasteiger partial charge in [-0.15, -0.1) is 0 Å². The molecule has 0 saturated carbocycles. The zero-order chi connectivity index (χ0) is 23.3. The Bertz CT molecular complexity index is 927. The van der Waals surface area contributed by atoms with Gasteiger partial charge in [0.05, 0.1) is 6.61 Å². The molecule has 1 unspecified atom stereocenters. The monoisotopic (exact) mass is 449 g/mol. The Balaban J connectivity index is 0.000000147. The van der Waals surface area contributed by atoms with Crippen LogP contribution in [0.4, 0.5) is 0 Å². The molecular formula is C28H35NO4. The van der Waals surface area contributed by atoms with Gasteiger partial charge in [0.1, 0.15) is 29.6 Å². The molecule has 176 valence electrons. The smallest absolute Gasteiger partial charge is 0.123 e. The summed E-state index contributed by atoms with van der Waals surface area (Å²) >= 11 is 0. The number of benzene rings is 3. The van der Waals surface area contributed by atoms with Gasteiger partial charge in [-0.1, -0.05) is 43.3 Å². The first kappa shape index (κ1) is 24.5. The summed E-state index contributed by atoms with van der Waals surface area (Å²) in [7, 11) is 0. The molecule has 2 N–H and O–H groups in total. The molecule has 3 aromatic carbocycles. The topological polar surface area (TPSA) is 62.2 Å². The number of nitrogens with zero attached hydrogens (tertiary/aromatic N) is 1. The first-order valence-corrected chi connectivity index (χ1v) is 11.7. The fourth-order valence-electron chi connectivity index (χ4n) is 3.80. The number of ether oxygens (including phenoxy) is 2. The first-order chi connectivity index (χ1) is 16.1. The van der Waals surface area contributed by atoms with E-state index in [2.05, 4.69) is 11.8 Å². The van der Waals surface area contributed by atoms with Crippen LogP contribution in [0.25, 0.3) is 0 Å². The van der Waals surface area contributed by atoms with Crippen LogP contribution in [0.15, 0.2) is 78.9 Å². The minimum atomic E-state index is 0.322. The Kier molecular flexibility index (Phi) is 9.92. The molecule has 2 heterocycles. The maximum absolute atomic E-state index is 9.25. The number of hydrogen-bond acceptors (Lipinski definition) is 5. The zero-order valence-electron chi connectivity index (χ0n) is 19.4. The Hall–Kier alpha value is -3.18. The van der Waals surface area contributed by atoms with Gasteiger partial charge in [0.2, 0.25) is 0 Å². The maximum Gasteiger partial charge on any atom is 0.123 e. The van der Waals surface area contributed by atoms with Crippen molar-refractivity contribution >= 4 is 0 Å². The Labute approximate surface area is 197 Å².